The van der Waals surface area contributed by atoms with Crippen LogP contribution in [0.25, 0.3) is 5.65 Å². The van der Waals surface area contributed by atoms with Gasteiger partial charge < -0.3 is 5.32 Å². The van der Waals surface area contributed by atoms with Crippen LogP contribution in [0.5, 0.6) is 0 Å². The fourth-order valence-electron chi connectivity index (χ4n) is 3.30. The number of aryl methyl sites for hydroxylation is 1. The molecule has 5 heteroatoms. The molecule has 0 unspecified atom stereocenters. The molecular weight excluding hydrogens is 262 g/mol. The van der Waals surface area contributed by atoms with E-state index in [4.69, 9.17) is 0 Å². The second-order valence-electron chi connectivity index (χ2n) is 6.64. The molecule has 2 aromatic heterocycles. The maximum Gasteiger partial charge on any atom is 0.178 e. The second-order valence-corrected chi connectivity index (χ2v) is 6.64. The van der Waals surface area contributed by atoms with E-state index in [9.17, 15) is 0 Å². The Labute approximate surface area is 126 Å². The standard InChI is InChI=1S/C16H25N5/c1-11(2)14-6-4-13(5-7-14)10-17-15-8-9-16-19-18-12(3)21(16)20-15/h8-9,11,13-14H,4-7,10H2,1-3H3,(H,17,20). The molecule has 0 aromatic carbocycles. The van der Waals surface area contributed by atoms with E-state index in [0.717, 1.165) is 41.6 Å². The molecule has 1 N–H and O–H groups in total. The first-order valence-electron chi connectivity index (χ1n) is 8.06. The normalized spacial score (nSPS) is 22.9. The van der Waals surface area contributed by atoms with Crippen molar-refractivity contribution in [1.82, 2.24) is 19.8 Å². The summed E-state index contributed by atoms with van der Waals surface area (Å²) in [6.07, 6.45) is 5.43. The molecule has 21 heavy (non-hydrogen) atoms. The van der Waals surface area contributed by atoms with Crippen LogP contribution < -0.4 is 5.32 Å². The monoisotopic (exact) mass is 287 g/mol. The SMILES string of the molecule is Cc1nnc2ccc(NCC3CCC(C(C)C)CC3)nn12. The van der Waals surface area contributed by atoms with Gasteiger partial charge in [-0.15, -0.1) is 15.3 Å². The van der Waals surface area contributed by atoms with Crippen molar-refractivity contribution in [2.24, 2.45) is 17.8 Å². The van der Waals surface area contributed by atoms with Crippen molar-refractivity contribution in [3.8, 4) is 0 Å². The van der Waals surface area contributed by atoms with Crippen LogP contribution in [0.1, 0.15) is 45.4 Å². The molecule has 2 heterocycles. The molecule has 1 fully saturated rings. The van der Waals surface area contributed by atoms with Gasteiger partial charge in [-0.1, -0.05) is 13.8 Å². The molecule has 3 rings (SSSR count). The predicted octanol–water partition coefficient (Wildman–Crippen LogP) is 3.31. The van der Waals surface area contributed by atoms with Crippen molar-refractivity contribution in [3.05, 3.63) is 18.0 Å². The van der Waals surface area contributed by atoms with Crippen LogP contribution in [-0.2, 0) is 0 Å². The summed E-state index contributed by atoms with van der Waals surface area (Å²) in [7, 11) is 0. The van der Waals surface area contributed by atoms with Gasteiger partial charge in [0.15, 0.2) is 11.5 Å². The first kappa shape index (κ1) is 14.3. The van der Waals surface area contributed by atoms with Crippen LogP contribution in [0.4, 0.5) is 5.82 Å². The van der Waals surface area contributed by atoms with Gasteiger partial charge in [0.25, 0.3) is 0 Å². The average molecular weight is 287 g/mol. The lowest BCUT2D eigenvalue weighted by Gasteiger charge is -2.31. The maximum absolute atomic E-state index is 4.54. The quantitative estimate of drug-likeness (QED) is 0.937. The van der Waals surface area contributed by atoms with Gasteiger partial charge in [-0.05, 0) is 62.5 Å². The zero-order chi connectivity index (χ0) is 14.8. The van der Waals surface area contributed by atoms with Crippen molar-refractivity contribution in [2.45, 2.75) is 46.5 Å². The highest BCUT2D eigenvalue weighted by Crippen LogP contribution is 2.33. The molecule has 0 spiro atoms. The van der Waals surface area contributed by atoms with Crippen molar-refractivity contribution in [1.29, 1.82) is 0 Å². The smallest absolute Gasteiger partial charge is 0.178 e. The number of fused-ring (bicyclic) bond motifs is 1. The van der Waals surface area contributed by atoms with Crippen molar-refractivity contribution >= 4 is 11.5 Å². The van der Waals surface area contributed by atoms with E-state index < -0.39 is 0 Å². The van der Waals surface area contributed by atoms with E-state index in [2.05, 4.69) is 34.5 Å². The molecule has 0 saturated heterocycles. The first-order valence-corrected chi connectivity index (χ1v) is 8.06. The third kappa shape index (κ3) is 3.17. The first-order chi connectivity index (χ1) is 10.1. The molecule has 5 nitrogen and oxygen atoms in total. The number of anilines is 1. The summed E-state index contributed by atoms with van der Waals surface area (Å²) < 4.78 is 1.79. The summed E-state index contributed by atoms with van der Waals surface area (Å²) in [6.45, 7) is 7.64. The number of rotatable bonds is 4. The van der Waals surface area contributed by atoms with Gasteiger partial charge in [0.1, 0.15) is 5.82 Å². The van der Waals surface area contributed by atoms with Gasteiger partial charge in [0.05, 0.1) is 0 Å². The van der Waals surface area contributed by atoms with Gasteiger partial charge in [-0.25, -0.2) is 0 Å². The van der Waals surface area contributed by atoms with Crippen LogP contribution >= 0.6 is 0 Å². The zero-order valence-electron chi connectivity index (χ0n) is 13.2. The van der Waals surface area contributed by atoms with Gasteiger partial charge >= 0.3 is 0 Å². The number of hydrogen-bond donors (Lipinski definition) is 1. The third-order valence-electron chi connectivity index (χ3n) is 4.82. The minimum Gasteiger partial charge on any atom is -0.368 e. The Morgan fingerprint density at radius 3 is 2.67 bits per heavy atom. The Morgan fingerprint density at radius 2 is 1.95 bits per heavy atom. The van der Waals surface area contributed by atoms with E-state index in [1.165, 1.54) is 25.7 Å². The Balaban J connectivity index is 1.56. The topological polar surface area (TPSA) is 55.1 Å². The van der Waals surface area contributed by atoms with Gasteiger partial charge in [-0.2, -0.15) is 4.52 Å². The Bertz CT molecular complexity index is 596. The van der Waals surface area contributed by atoms with Crippen LogP contribution in [0.3, 0.4) is 0 Å². The molecule has 0 aliphatic heterocycles. The van der Waals surface area contributed by atoms with E-state index in [1.54, 1.807) is 4.52 Å². The second kappa shape index (κ2) is 6.00. The number of nitrogens with one attached hydrogen (secondary N) is 1. The summed E-state index contributed by atoms with van der Waals surface area (Å²) in [6, 6.07) is 3.95. The van der Waals surface area contributed by atoms with Crippen molar-refractivity contribution in [2.75, 3.05) is 11.9 Å². The summed E-state index contributed by atoms with van der Waals surface area (Å²) in [4.78, 5) is 0. The van der Waals surface area contributed by atoms with Crippen LogP contribution in [0.2, 0.25) is 0 Å². The van der Waals surface area contributed by atoms with Crippen LogP contribution in [0, 0.1) is 24.7 Å². The van der Waals surface area contributed by atoms with E-state index in [-0.39, 0.29) is 0 Å². The Hall–Kier alpha value is -1.65. The van der Waals surface area contributed by atoms with Gasteiger partial charge in [0, 0.05) is 6.54 Å². The molecule has 1 saturated carbocycles. The van der Waals surface area contributed by atoms with E-state index in [0.29, 0.717) is 0 Å². The molecule has 0 radical (unpaired) electrons. The van der Waals surface area contributed by atoms with Crippen molar-refractivity contribution in [3.63, 3.8) is 0 Å². The van der Waals surface area contributed by atoms with E-state index in [1.807, 2.05) is 19.1 Å². The number of aromatic nitrogens is 4. The minimum atomic E-state index is 0.777. The fraction of sp³-hybridized carbons (Fsp3) is 0.688. The predicted molar refractivity (Wildman–Crippen MR) is 84.3 cm³/mol. The minimum absolute atomic E-state index is 0.777. The Kier molecular flexibility index (Phi) is 4.08. The highest BCUT2D eigenvalue weighted by molar-refractivity contribution is 5.43. The molecule has 1 aliphatic carbocycles. The lowest BCUT2D eigenvalue weighted by Crippen LogP contribution is -2.23. The summed E-state index contributed by atoms with van der Waals surface area (Å²) in [5.41, 5.74) is 0.801. The van der Waals surface area contributed by atoms with E-state index >= 15 is 0 Å². The fourth-order valence-corrected chi connectivity index (χ4v) is 3.30. The largest absolute Gasteiger partial charge is 0.368 e. The van der Waals surface area contributed by atoms with Crippen LogP contribution in [-0.4, -0.2) is 26.4 Å². The molecule has 114 valence electrons. The zero-order valence-corrected chi connectivity index (χ0v) is 13.2. The summed E-state index contributed by atoms with van der Waals surface area (Å²) >= 11 is 0. The van der Waals surface area contributed by atoms with Gasteiger partial charge in [0.2, 0.25) is 0 Å². The highest BCUT2D eigenvalue weighted by atomic mass is 15.4. The Morgan fingerprint density at radius 1 is 1.19 bits per heavy atom. The lowest BCUT2D eigenvalue weighted by atomic mass is 9.77. The average Bonchev–Trinajstić information content (AvgIpc) is 2.87. The third-order valence-corrected chi connectivity index (χ3v) is 4.82. The maximum atomic E-state index is 4.54. The molecule has 0 amide bonds. The number of hydrogen-bond acceptors (Lipinski definition) is 4. The number of nitrogens with zero attached hydrogens (tertiary/aromatic N) is 4. The molecule has 2 aromatic rings. The highest BCUT2D eigenvalue weighted by Gasteiger charge is 2.23. The molecule has 1 aliphatic rings. The molecule has 0 atom stereocenters. The molecule has 0 bridgehead atoms. The lowest BCUT2D eigenvalue weighted by molar-refractivity contribution is 0.230. The summed E-state index contributed by atoms with van der Waals surface area (Å²) in [5, 5.41) is 16.1. The van der Waals surface area contributed by atoms with Gasteiger partial charge in [-0.3, -0.25) is 0 Å². The molecular formula is C16H25N5. The van der Waals surface area contributed by atoms with Crippen LogP contribution in [0.15, 0.2) is 12.1 Å². The van der Waals surface area contributed by atoms with Crippen molar-refractivity contribution < 1.29 is 0 Å². The summed E-state index contributed by atoms with van der Waals surface area (Å²) in [5.74, 6) is 4.28.